The SMILES string of the molecule is Cl.NCC(NC(=O)Cc1ccc2ccccc2c1)C1CCCCC1. The van der Waals surface area contributed by atoms with Crippen LogP contribution in [-0.4, -0.2) is 18.5 Å². The zero-order chi connectivity index (χ0) is 16.1. The number of nitrogens with two attached hydrogens (primary N) is 1. The number of benzene rings is 2. The first-order valence-electron chi connectivity index (χ1n) is 8.73. The number of hydrogen-bond acceptors (Lipinski definition) is 2. The average Bonchev–Trinajstić information content (AvgIpc) is 2.60. The highest BCUT2D eigenvalue weighted by molar-refractivity contribution is 5.86. The number of nitrogens with one attached hydrogen (secondary N) is 1. The summed E-state index contributed by atoms with van der Waals surface area (Å²) < 4.78 is 0. The molecule has 0 radical (unpaired) electrons. The van der Waals surface area contributed by atoms with E-state index in [2.05, 4.69) is 29.6 Å². The van der Waals surface area contributed by atoms with E-state index in [0.717, 1.165) is 5.56 Å². The molecule has 1 atom stereocenters. The first-order valence-corrected chi connectivity index (χ1v) is 8.73. The lowest BCUT2D eigenvalue weighted by atomic mass is 9.84. The molecule has 0 spiro atoms. The fourth-order valence-electron chi connectivity index (χ4n) is 3.70. The average molecular weight is 347 g/mol. The number of hydrogen-bond donors (Lipinski definition) is 2. The molecular formula is C20H27ClN2O. The van der Waals surface area contributed by atoms with Crippen LogP contribution in [0.3, 0.4) is 0 Å². The Labute approximate surface area is 150 Å². The maximum Gasteiger partial charge on any atom is 0.224 e. The van der Waals surface area contributed by atoms with Gasteiger partial charge in [-0.1, -0.05) is 61.7 Å². The number of amides is 1. The Morgan fingerprint density at radius 2 is 1.79 bits per heavy atom. The van der Waals surface area contributed by atoms with E-state index in [1.807, 2.05) is 18.2 Å². The molecule has 3 nitrogen and oxygen atoms in total. The smallest absolute Gasteiger partial charge is 0.224 e. The van der Waals surface area contributed by atoms with Crippen molar-refractivity contribution < 1.29 is 4.79 Å². The van der Waals surface area contributed by atoms with Crippen molar-refractivity contribution in [3.63, 3.8) is 0 Å². The predicted molar refractivity (Wildman–Crippen MR) is 102 cm³/mol. The van der Waals surface area contributed by atoms with Gasteiger partial charge in [-0.25, -0.2) is 0 Å². The lowest BCUT2D eigenvalue weighted by Crippen LogP contribution is -2.46. The van der Waals surface area contributed by atoms with Crippen LogP contribution in [0.1, 0.15) is 37.7 Å². The van der Waals surface area contributed by atoms with Gasteiger partial charge in [-0.15, -0.1) is 12.4 Å². The van der Waals surface area contributed by atoms with Crippen molar-refractivity contribution in [2.24, 2.45) is 11.7 Å². The second-order valence-corrected chi connectivity index (χ2v) is 6.67. The maximum absolute atomic E-state index is 12.4. The molecule has 2 aromatic carbocycles. The van der Waals surface area contributed by atoms with Crippen molar-refractivity contribution in [3.05, 3.63) is 48.0 Å². The monoisotopic (exact) mass is 346 g/mol. The predicted octanol–water partition coefficient (Wildman–Crippen LogP) is 3.83. The van der Waals surface area contributed by atoms with E-state index in [1.165, 1.54) is 42.9 Å². The number of rotatable bonds is 5. The molecule has 130 valence electrons. The quantitative estimate of drug-likeness (QED) is 0.864. The third kappa shape index (κ3) is 4.71. The van der Waals surface area contributed by atoms with Crippen LogP contribution in [0.15, 0.2) is 42.5 Å². The molecule has 1 saturated carbocycles. The van der Waals surface area contributed by atoms with Crippen LogP contribution in [-0.2, 0) is 11.2 Å². The number of carbonyl (C=O) groups excluding carboxylic acids is 1. The Morgan fingerprint density at radius 1 is 1.08 bits per heavy atom. The fraction of sp³-hybridized carbons (Fsp3) is 0.450. The summed E-state index contributed by atoms with van der Waals surface area (Å²) in [6.45, 7) is 0.536. The standard InChI is InChI=1S/C20H26N2O.ClH/c21-14-19(17-7-2-1-3-8-17)22-20(23)13-15-10-11-16-6-4-5-9-18(16)12-15;/h4-6,9-12,17,19H,1-3,7-8,13-14,21H2,(H,22,23);1H. The van der Waals surface area contributed by atoms with Crippen molar-refractivity contribution in [1.29, 1.82) is 0 Å². The van der Waals surface area contributed by atoms with Crippen LogP contribution >= 0.6 is 12.4 Å². The topological polar surface area (TPSA) is 55.1 Å². The lowest BCUT2D eigenvalue weighted by molar-refractivity contribution is -0.121. The molecule has 3 N–H and O–H groups in total. The highest BCUT2D eigenvalue weighted by Crippen LogP contribution is 2.26. The van der Waals surface area contributed by atoms with E-state index < -0.39 is 0 Å². The summed E-state index contributed by atoms with van der Waals surface area (Å²) in [4.78, 5) is 12.4. The van der Waals surface area contributed by atoms with E-state index in [9.17, 15) is 4.79 Å². The molecule has 1 aliphatic rings. The molecule has 1 aliphatic carbocycles. The molecule has 24 heavy (non-hydrogen) atoms. The van der Waals surface area contributed by atoms with Gasteiger partial charge in [0.2, 0.25) is 5.91 Å². The first-order chi connectivity index (χ1) is 11.3. The maximum atomic E-state index is 12.4. The van der Waals surface area contributed by atoms with Gasteiger partial charge in [0.1, 0.15) is 0 Å². The Bertz CT molecular complexity index is 667. The van der Waals surface area contributed by atoms with Gasteiger partial charge < -0.3 is 11.1 Å². The second-order valence-electron chi connectivity index (χ2n) is 6.67. The van der Waals surface area contributed by atoms with Gasteiger partial charge >= 0.3 is 0 Å². The summed E-state index contributed by atoms with van der Waals surface area (Å²) >= 11 is 0. The number of halogens is 1. The van der Waals surface area contributed by atoms with Crippen molar-refractivity contribution in [3.8, 4) is 0 Å². The van der Waals surface area contributed by atoms with E-state index >= 15 is 0 Å². The van der Waals surface area contributed by atoms with E-state index in [1.54, 1.807) is 0 Å². The Balaban J connectivity index is 0.00000208. The molecule has 1 fully saturated rings. The van der Waals surface area contributed by atoms with Crippen molar-refractivity contribution in [1.82, 2.24) is 5.32 Å². The number of carbonyl (C=O) groups is 1. The van der Waals surface area contributed by atoms with Crippen molar-refractivity contribution in [2.75, 3.05) is 6.54 Å². The lowest BCUT2D eigenvalue weighted by Gasteiger charge is -2.30. The summed E-state index contributed by atoms with van der Waals surface area (Å²) in [5.41, 5.74) is 6.96. The Kier molecular flexibility index (Phi) is 7.07. The Hall–Kier alpha value is -1.58. The van der Waals surface area contributed by atoms with Gasteiger partial charge in [0, 0.05) is 12.6 Å². The van der Waals surface area contributed by atoms with Crippen LogP contribution in [0, 0.1) is 5.92 Å². The molecule has 1 unspecified atom stereocenters. The van der Waals surface area contributed by atoms with Crippen molar-refractivity contribution >= 4 is 29.1 Å². The molecular weight excluding hydrogens is 320 g/mol. The summed E-state index contributed by atoms with van der Waals surface area (Å²) in [5, 5.41) is 5.56. The molecule has 1 amide bonds. The first kappa shape index (κ1) is 18.8. The molecule has 0 saturated heterocycles. The summed E-state index contributed by atoms with van der Waals surface area (Å²) in [6.07, 6.45) is 6.66. The molecule has 0 heterocycles. The summed E-state index contributed by atoms with van der Waals surface area (Å²) in [7, 11) is 0. The van der Waals surface area contributed by atoms with Crippen LogP contribution in [0.25, 0.3) is 10.8 Å². The minimum atomic E-state index is 0. The fourth-order valence-corrected chi connectivity index (χ4v) is 3.70. The molecule has 4 heteroatoms. The van der Waals surface area contributed by atoms with E-state index in [4.69, 9.17) is 5.73 Å². The largest absolute Gasteiger partial charge is 0.352 e. The van der Waals surface area contributed by atoms with Gasteiger partial charge in [0.05, 0.1) is 6.42 Å². The van der Waals surface area contributed by atoms with E-state index in [0.29, 0.717) is 18.9 Å². The van der Waals surface area contributed by atoms with Gasteiger partial charge in [0.25, 0.3) is 0 Å². The minimum Gasteiger partial charge on any atom is -0.352 e. The molecule has 0 bridgehead atoms. The molecule has 0 aromatic heterocycles. The van der Waals surface area contributed by atoms with Crippen LogP contribution < -0.4 is 11.1 Å². The van der Waals surface area contributed by atoms with Gasteiger partial charge in [-0.3, -0.25) is 4.79 Å². The van der Waals surface area contributed by atoms with Gasteiger partial charge in [0.15, 0.2) is 0 Å². The molecule has 2 aromatic rings. The Morgan fingerprint density at radius 3 is 2.50 bits per heavy atom. The zero-order valence-electron chi connectivity index (χ0n) is 14.0. The summed E-state index contributed by atoms with van der Waals surface area (Å²) in [5.74, 6) is 0.635. The van der Waals surface area contributed by atoms with E-state index in [-0.39, 0.29) is 24.4 Å². The van der Waals surface area contributed by atoms with Gasteiger partial charge in [-0.05, 0) is 35.1 Å². The minimum absolute atomic E-state index is 0. The molecule has 3 rings (SSSR count). The number of fused-ring (bicyclic) bond motifs is 1. The third-order valence-electron chi connectivity index (χ3n) is 5.00. The van der Waals surface area contributed by atoms with Crippen LogP contribution in [0.5, 0.6) is 0 Å². The zero-order valence-corrected chi connectivity index (χ0v) is 14.9. The van der Waals surface area contributed by atoms with Gasteiger partial charge in [-0.2, -0.15) is 0 Å². The third-order valence-corrected chi connectivity index (χ3v) is 5.00. The highest BCUT2D eigenvalue weighted by Gasteiger charge is 2.23. The molecule has 0 aliphatic heterocycles. The normalized spacial score (nSPS) is 16.4. The van der Waals surface area contributed by atoms with Crippen LogP contribution in [0.4, 0.5) is 0 Å². The van der Waals surface area contributed by atoms with Crippen LogP contribution in [0.2, 0.25) is 0 Å². The highest BCUT2D eigenvalue weighted by atomic mass is 35.5. The summed E-state index contributed by atoms with van der Waals surface area (Å²) in [6, 6.07) is 14.6. The second kappa shape index (κ2) is 9.05. The van der Waals surface area contributed by atoms with Crippen molar-refractivity contribution in [2.45, 2.75) is 44.6 Å².